The Morgan fingerprint density at radius 3 is 2.33 bits per heavy atom. The van der Waals surface area contributed by atoms with E-state index in [1.807, 2.05) is 30.3 Å². The molecule has 27 heavy (non-hydrogen) atoms. The third-order valence-corrected chi connectivity index (χ3v) is 4.16. The van der Waals surface area contributed by atoms with Crippen LogP contribution in [-0.4, -0.2) is 36.9 Å². The molecule has 140 valence electrons. The highest BCUT2D eigenvalue weighted by Gasteiger charge is 2.24. The molecule has 1 aliphatic heterocycles. The lowest BCUT2D eigenvalue weighted by molar-refractivity contribution is -0.127. The van der Waals surface area contributed by atoms with Crippen LogP contribution in [-0.2, 0) is 20.8 Å². The molecule has 0 radical (unpaired) electrons. The van der Waals surface area contributed by atoms with Gasteiger partial charge in [-0.25, -0.2) is 0 Å². The van der Waals surface area contributed by atoms with Crippen molar-refractivity contribution in [1.82, 2.24) is 10.6 Å². The molecule has 1 saturated heterocycles. The summed E-state index contributed by atoms with van der Waals surface area (Å²) in [7, 11) is 0. The number of rotatable bonds is 6. The molecular weight excluding hydrogens is 344 g/mol. The molecule has 3 rings (SSSR count). The zero-order chi connectivity index (χ0) is 19.1. The molecule has 4 N–H and O–H groups in total. The number of carbonyl (C=O) groups is 3. The topological polar surface area (TPSA) is 99.3 Å². The average Bonchev–Trinajstić information content (AvgIpc) is 2.64. The molecule has 0 aromatic heterocycles. The van der Waals surface area contributed by atoms with Gasteiger partial charge in [0.05, 0.1) is 18.9 Å². The molecule has 2 aromatic carbocycles. The molecule has 0 spiro atoms. The third kappa shape index (κ3) is 5.65. The van der Waals surface area contributed by atoms with Crippen LogP contribution in [0.2, 0.25) is 0 Å². The maximum atomic E-state index is 12.2. The summed E-state index contributed by atoms with van der Waals surface area (Å²) in [5, 5.41) is 11.3. The van der Waals surface area contributed by atoms with Crippen LogP contribution in [0.25, 0.3) is 0 Å². The monoisotopic (exact) mass is 366 g/mol. The molecule has 1 heterocycles. The zero-order valence-corrected chi connectivity index (χ0v) is 14.8. The molecule has 0 saturated carbocycles. The smallest absolute Gasteiger partial charge is 0.237 e. The van der Waals surface area contributed by atoms with Gasteiger partial charge in [-0.3, -0.25) is 14.4 Å². The molecule has 1 aliphatic rings. The van der Waals surface area contributed by atoms with E-state index in [0.717, 1.165) is 5.56 Å². The van der Waals surface area contributed by atoms with Gasteiger partial charge in [-0.15, -0.1) is 0 Å². The van der Waals surface area contributed by atoms with Gasteiger partial charge in [0.1, 0.15) is 0 Å². The van der Waals surface area contributed by atoms with Crippen molar-refractivity contribution in [3.05, 3.63) is 60.2 Å². The number of benzene rings is 2. The van der Waals surface area contributed by atoms with E-state index in [4.69, 9.17) is 0 Å². The van der Waals surface area contributed by atoms with Crippen LogP contribution < -0.4 is 21.3 Å². The minimum absolute atomic E-state index is 0.0520. The number of piperazine rings is 1. The van der Waals surface area contributed by atoms with E-state index in [0.29, 0.717) is 24.5 Å². The normalized spacial score (nSPS) is 16.3. The number of anilines is 2. The van der Waals surface area contributed by atoms with Crippen LogP contribution in [0, 0.1) is 0 Å². The van der Waals surface area contributed by atoms with E-state index < -0.39 is 6.04 Å². The fourth-order valence-corrected chi connectivity index (χ4v) is 2.87. The Kier molecular flexibility index (Phi) is 6.17. The van der Waals surface area contributed by atoms with Crippen molar-refractivity contribution in [2.45, 2.75) is 18.9 Å². The second-order valence-electron chi connectivity index (χ2n) is 6.34. The Morgan fingerprint density at radius 2 is 1.63 bits per heavy atom. The summed E-state index contributed by atoms with van der Waals surface area (Å²) in [6, 6.07) is 15.9. The molecule has 2 aromatic rings. The summed E-state index contributed by atoms with van der Waals surface area (Å²) >= 11 is 0. The molecule has 1 fully saturated rings. The van der Waals surface area contributed by atoms with Crippen molar-refractivity contribution in [3.63, 3.8) is 0 Å². The van der Waals surface area contributed by atoms with Crippen molar-refractivity contribution in [3.8, 4) is 0 Å². The third-order valence-electron chi connectivity index (χ3n) is 4.16. The number of nitrogens with one attached hydrogen (secondary N) is 4. The van der Waals surface area contributed by atoms with Gasteiger partial charge in [0, 0.05) is 24.5 Å². The molecule has 7 nitrogen and oxygen atoms in total. The van der Waals surface area contributed by atoms with Crippen LogP contribution in [0.15, 0.2) is 54.6 Å². The Morgan fingerprint density at radius 1 is 0.926 bits per heavy atom. The lowest BCUT2D eigenvalue weighted by Crippen LogP contribution is -2.53. The van der Waals surface area contributed by atoms with E-state index in [1.165, 1.54) is 0 Å². The van der Waals surface area contributed by atoms with Gasteiger partial charge in [-0.1, -0.05) is 36.4 Å². The second kappa shape index (κ2) is 8.95. The van der Waals surface area contributed by atoms with Gasteiger partial charge < -0.3 is 21.3 Å². The summed E-state index contributed by atoms with van der Waals surface area (Å²) < 4.78 is 0. The van der Waals surface area contributed by atoms with Gasteiger partial charge in [-0.2, -0.15) is 0 Å². The quantitative estimate of drug-likeness (QED) is 0.619. The maximum absolute atomic E-state index is 12.2. The van der Waals surface area contributed by atoms with Crippen LogP contribution in [0.3, 0.4) is 0 Å². The molecule has 3 amide bonds. The highest BCUT2D eigenvalue weighted by molar-refractivity contribution is 5.97. The minimum atomic E-state index is -0.521. The van der Waals surface area contributed by atoms with Gasteiger partial charge in [-0.05, 0) is 23.8 Å². The van der Waals surface area contributed by atoms with E-state index in [-0.39, 0.29) is 30.6 Å². The maximum Gasteiger partial charge on any atom is 0.237 e. The first-order valence-corrected chi connectivity index (χ1v) is 8.85. The molecule has 7 heteroatoms. The van der Waals surface area contributed by atoms with Crippen LogP contribution in [0.5, 0.6) is 0 Å². The second-order valence-corrected chi connectivity index (χ2v) is 6.34. The largest absolute Gasteiger partial charge is 0.353 e. The number of amides is 3. The van der Waals surface area contributed by atoms with Crippen molar-refractivity contribution in [2.24, 2.45) is 0 Å². The predicted octanol–water partition coefficient (Wildman–Crippen LogP) is 1.28. The molecule has 0 aliphatic carbocycles. The molecule has 1 unspecified atom stereocenters. The highest BCUT2D eigenvalue weighted by Crippen LogP contribution is 2.16. The summed E-state index contributed by atoms with van der Waals surface area (Å²) in [5.41, 5.74) is 2.09. The van der Waals surface area contributed by atoms with E-state index in [2.05, 4.69) is 21.3 Å². The molecular formula is C20H22N4O3. The zero-order valence-electron chi connectivity index (χ0n) is 14.8. The Hall–Kier alpha value is -3.19. The lowest BCUT2D eigenvalue weighted by Gasteiger charge is -2.22. The van der Waals surface area contributed by atoms with Gasteiger partial charge >= 0.3 is 0 Å². The fourth-order valence-electron chi connectivity index (χ4n) is 2.87. The Balaban J connectivity index is 1.54. The van der Waals surface area contributed by atoms with Crippen molar-refractivity contribution in [2.75, 3.05) is 23.7 Å². The van der Waals surface area contributed by atoms with Gasteiger partial charge in [0.15, 0.2) is 0 Å². The van der Waals surface area contributed by atoms with E-state index >= 15 is 0 Å². The average molecular weight is 366 g/mol. The fraction of sp³-hybridized carbons (Fsp3) is 0.250. The van der Waals surface area contributed by atoms with Gasteiger partial charge in [0.2, 0.25) is 17.7 Å². The van der Waals surface area contributed by atoms with Crippen LogP contribution >= 0.6 is 0 Å². The van der Waals surface area contributed by atoms with Gasteiger partial charge in [0.25, 0.3) is 0 Å². The first kappa shape index (κ1) is 18.6. The summed E-state index contributed by atoms with van der Waals surface area (Å²) in [6.45, 7) is 1.22. The lowest BCUT2D eigenvalue weighted by atomic mass is 10.1. The first-order valence-electron chi connectivity index (χ1n) is 8.85. The first-order chi connectivity index (χ1) is 13.1. The summed E-state index contributed by atoms with van der Waals surface area (Å²) in [5.74, 6) is -0.566. The number of carbonyl (C=O) groups excluding carboxylic acids is 3. The molecule has 1 atom stereocenters. The Labute approximate surface area is 157 Å². The van der Waals surface area contributed by atoms with Crippen molar-refractivity contribution >= 4 is 29.1 Å². The Bertz CT molecular complexity index is 823. The van der Waals surface area contributed by atoms with Crippen molar-refractivity contribution in [1.29, 1.82) is 0 Å². The van der Waals surface area contributed by atoms with E-state index in [9.17, 15) is 14.4 Å². The summed E-state index contributed by atoms with van der Waals surface area (Å²) in [6.07, 6.45) is 0.330. The van der Waals surface area contributed by atoms with Crippen LogP contribution in [0.4, 0.5) is 11.4 Å². The number of hydrogen-bond acceptors (Lipinski definition) is 4. The summed E-state index contributed by atoms with van der Waals surface area (Å²) in [4.78, 5) is 36.1. The minimum Gasteiger partial charge on any atom is -0.353 e. The predicted molar refractivity (Wildman–Crippen MR) is 103 cm³/mol. The molecule has 0 bridgehead atoms. The number of hydrogen-bond donors (Lipinski definition) is 4. The van der Waals surface area contributed by atoms with Crippen LogP contribution in [0.1, 0.15) is 12.0 Å². The SMILES string of the molecule is O=C(Cc1ccccc1)Nc1cccc(NC(=O)CC2NCCNC2=O)c1. The highest BCUT2D eigenvalue weighted by atomic mass is 16.2. The van der Waals surface area contributed by atoms with Crippen molar-refractivity contribution < 1.29 is 14.4 Å². The standard InChI is InChI=1S/C20H22N4O3/c25-18(11-14-5-2-1-3-6-14)23-15-7-4-8-16(12-15)24-19(26)13-17-20(27)22-10-9-21-17/h1-8,12,17,21H,9-11,13H2,(H,22,27)(H,23,25)(H,24,26). The van der Waals surface area contributed by atoms with E-state index in [1.54, 1.807) is 24.3 Å².